The fourth-order valence-electron chi connectivity index (χ4n) is 5.68. The highest BCUT2D eigenvalue weighted by molar-refractivity contribution is 7.85. The van der Waals surface area contributed by atoms with Crippen molar-refractivity contribution in [2.45, 2.75) is 0 Å². The molecule has 5 nitrogen and oxygen atoms in total. The predicted octanol–water partition coefficient (Wildman–Crippen LogP) is 7.09. The van der Waals surface area contributed by atoms with Crippen molar-refractivity contribution in [1.29, 1.82) is 0 Å². The van der Waals surface area contributed by atoms with Crippen LogP contribution >= 0.6 is 7.14 Å². The Morgan fingerprint density at radius 2 is 1.25 bits per heavy atom. The Hall–Kier alpha value is -4.99. The fraction of sp³-hybridized carbons (Fsp3) is 0. The van der Waals surface area contributed by atoms with Crippen LogP contribution in [0.2, 0.25) is 0 Å². The number of fused-ring (bicyclic) bond motifs is 7. The molecule has 3 heterocycles. The summed E-state index contributed by atoms with van der Waals surface area (Å²) in [6, 6.07) is 43.4. The first kappa shape index (κ1) is 22.9. The lowest BCUT2D eigenvalue weighted by Crippen LogP contribution is -2.25. The van der Waals surface area contributed by atoms with Gasteiger partial charge < -0.3 is 8.98 Å². The molecule has 0 radical (unpaired) electrons. The molecule has 8 rings (SSSR count). The van der Waals surface area contributed by atoms with E-state index in [0.29, 0.717) is 16.7 Å². The van der Waals surface area contributed by atoms with Crippen LogP contribution in [0.1, 0.15) is 0 Å². The number of imidazole rings is 1. The van der Waals surface area contributed by atoms with Gasteiger partial charge in [-0.2, -0.15) is 4.98 Å². The molecule has 0 fully saturated rings. The third kappa shape index (κ3) is 3.25. The van der Waals surface area contributed by atoms with Gasteiger partial charge in [-0.05, 0) is 18.2 Å². The van der Waals surface area contributed by atoms with E-state index in [2.05, 4.69) is 12.1 Å². The third-order valence-electron chi connectivity index (χ3n) is 7.50. The normalized spacial score (nSPS) is 12.1. The molecule has 40 heavy (non-hydrogen) atoms. The highest BCUT2D eigenvalue weighted by Gasteiger charge is 2.34. The molecule has 0 amide bonds. The Labute approximate surface area is 229 Å². The lowest BCUT2D eigenvalue weighted by Gasteiger charge is -2.20. The number of para-hydroxylation sites is 2. The summed E-state index contributed by atoms with van der Waals surface area (Å²) in [6.45, 7) is 0. The number of pyridine rings is 1. The minimum Gasteiger partial charge on any atom is -0.422 e. The number of hydrogen-bond donors (Lipinski definition) is 0. The zero-order valence-corrected chi connectivity index (χ0v) is 22.2. The number of aromatic nitrogens is 3. The average Bonchev–Trinajstić information content (AvgIpc) is 3.58. The van der Waals surface area contributed by atoms with E-state index >= 15 is 4.57 Å². The van der Waals surface area contributed by atoms with Crippen LogP contribution in [0.5, 0.6) is 0 Å². The number of oxazole rings is 1. The molecule has 0 bridgehead atoms. The molecular weight excluding hydrogens is 513 g/mol. The molecule has 3 aromatic heterocycles. The molecule has 0 aliphatic heterocycles. The topological polar surface area (TPSA) is 60.4 Å². The first-order valence-electron chi connectivity index (χ1n) is 13.1. The Balaban J connectivity index is 1.51. The van der Waals surface area contributed by atoms with Crippen molar-refractivity contribution in [3.05, 3.63) is 133 Å². The summed E-state index contributed by atoms with van der Waals surface area (Å²) in [6.07, 6.45) is 0. The smallest absolute Gasteiger partial charge is 0.308 e. The lowest BCUT2D eigenvalue weighted by atomic mass is 10.1. The Bertz CT molecular complexity index is 2190. The first-order chi connectivity index (χ1) is 19.7. The Kier molecular flexibility index (Phi) is 5.03. The van der Waals surface area contributed by atoms with Crippen LogP contribution in [-0.2, 0) is 4.57 Å². The molecule has 0 aliphatic carbocycles. The van der Waals surface area contributed by atoms with Crippen LogP contribution < -0.4 is 15.9 Å². The molecule has 0 atom stereocenters. The van der Waals surface area contributed by atoms with E-state index in [1.165, 1.54) is 0 Å². The molecule has 0 unspecified atom stereocenters. The van der Waals surface area contributed by atoms with E-state index in [1.54, 1.807) is 0 Å². The summed E-state index contributed by atoms with van der Waals surface area (Å²) < 4.78 is 23.8. The standard InChI is InChI=1S/C34H22N3O2P/c38-40(24-15-6-2-7-16-24,25-17-8-3-9-18-25)29-22-12-21-28-33(29)39-34-36-31-26-19-10-11-20-27(26)35-30(32(31)37(28)34)23-13-4-1-5-14-23/h1-22H. The van der Waals surface area contributed by atoms with Gasteiger partial charge in [0.25, 0.3) is 0 Å². The van der Waals surface area contributed by atoms with Crippen LogP contribution in [0, 0.1) is 0 Å². The molecule has 0 saturated carbocycles. The van der Waals surface area contributed by atoms with Crippen molar-refractivity contribution in [1.82, 2.24) is 14.4 Å². The van der Waals surface area contributed by atoms with Crippen molar-refractivity contribution in [3.63, 3.8) is 0 Å². The van der Waals surface area contributed by atoms with Gasteiger partial charge in [-0.15, -0.1) is 0 Å². The molecule has 0 N–H and O–H groups in total. The maximum Gasteiger partial charge on any atom is 0.308 e. The van der Waals surface area contributed by atoms with E-state index in [1.807, 2.05) is 126 Å². The first-order valence-corrected chi connectivity index (χ1v) is 14.8. The van der Waals surface area contributed by atoms with Gasteiger partial charge in [-0.1, -0.05) is 115 Å². The molecule has 190 valence electrons. The molecular formula is C34H22N3O2P. The van der Waals surface area contributed by atoms with Crippen molar-refractivity contribution in [2.24, 2.45) is 0 Å². The van der Waals surface area contributed by atoms with Crippen molar-refractivity contribution in [2.75, 3.05) is 0 Å². The summed E-state index contributed by atoms with van der Waals surface area (Å²) in [4.78, 5) is 10.1. The van der Waals surface area contributed by atoms with Gasteiger partial charge in [0.05, 0.1) is 22.0 Å². The second kappa shape index (κ2) is 8.77. The zero-order chi connectivity index (χ0) is 26.7. The summed E-state index contributed by atoms with van der Waals surface area (Å²) in [5.41, 5.74) is 5.74. The second-order valence-corrected chi connectivity index (χ2v) is 12.5. The van der Waals surface area contributed by atoms with Gasteiger partial charge >= 0.3 is 5.84 Å². The van der Waals surface area contributed by atoms with Crippen molar-refractivity contribution < 1.29 is 8.98 Å². The van der Waals surface area contributed by atoms with Gasteiger partial charge in [-0.25, -0.2) is 4.98 Å². The minimum atomic E-state index is -3.27. The van der Waals surface area contributed by atoms with Crippen molar-refractivity contribution >= 4 is 61.9 Å². The van der Waals surface area contributed by atoms with Gasteiger partial charge in [0.15, 0.2) is 12.7 Å². The van der Waals surface area contributed by atoms with E-state index in [-0.39, 0.29) is 0 Å². The zero-order valence-electron chi connectivity index (χ0n) is 21.3. The quantitative estimate of drug-likeness (QED) is 0.226. The summed E-state index contributed by atoms with van der Waals surface area (Å²) in [7, 11) is -3.27. The molecule has 0 aliphatic rings. The highest BCUT2D eigenvalue weighted by atomic mass is 31.2. The SMILES string of the molecule is O=P(c1ccccc1)(c1ccccc1)c1cccc2c1oc1nc3c4ccccc4nc(-c4ccccc4)c3n12. The van der Waals surface area contributed by atoms with E-state index in [9.17, 15) is 0 Å². The van der Waals surface area contributed by atoms with Crippen LogP contribution in [0.4, 0.5) is 0 Å². The van der Waals surface area contributed by atoms with Crippen LogP contribution in [0.3, 0.4) is 0 Å². The van der Waals surface area contributed by atoms with Crippen LogP contribution in [0.15, 0.2) is 138 Å². The highest BCUT2D eigenvalue weighted by Crippen LogP contribution is 2.45. The molecule has 0 saturated heterocycles. The molecule has 0 spiro atoms. The fourth-order valence-corrected chi connectivity index (χ4v) is 8.46. The van der Waals surface area contributed by atoms with E-state index in [0.717, 1.165) is 49.3 Å². The summed E-state index contributed by atoms with van der Waals surface area (Å²) in [5.74, 6) is 0.445. The average molecular weight is 536 g/mol. The van der Waals surface area contributed by atoms with E-state index in [4.69, 9.17) is 14.4 Å². The number of rotatable bonds is 4. The maximum absolute atomic E-state index is 15.3. The lowest BCUT2D eigenvalue weighted by molar-refractivity contribution is 0.592. The van der Waals surface area contributed by atoms with Gasteiger partial charge in [0.1, 0.15) is 11.0 Å². The predicted molar refractivity (Wildman–Crippen MR) is 163 cm³/mol. The summed E-state index contributed by atoms with van der Waals surface area (Å²) >= 11 is 0. The van der Waals surface area contributed by atoms with Crippen LogP contribution in [-0.4, -0.2) is 14.4 Å². The largest absolute Gasteiger partial charge is 0.422 e. The number of benzene rings is 5. The van der Waals surface area contributed by atoms with Crippen molar-refractivity contribution in [3.8, 4) is 11.3 Å². The monoisotopic (exact) mass is 535 g/mol. The van der Waals surface area contributed by atoms with Gasteiger partial charge in [0.2, 0.25) is 0 Å². The Morgan fingerprint density at radius 1 is 0.625 bits per heavy atom. The van der Waals surface area contributed by atoms with Crippen LogP contribution in [0.25, 0.3) is 50.1 Å². The molecule has 8 aromatic rings. The second-order valence-electron chi connectivity index (χ2n) is 9.78. The number of hydrogen-bond acceptors (Lipinski definition) is 4. The summed E-state index contributed by atoms with van der Waals surface area (Å²) in [5, 5.41) is 3.12. The molecule has 5 aromatic carbocycles. The van der Waals surface area contributed by atoms with Gasteiger partial charge in [0, 0.05) is 21.6 Å². The van der Waals surface area contributed by atoms with Gasteiger partial charge in [-0.3, -0.25) is 4.40 Å². The molecule has 6 heteroatoms. The third-order valence-corrected chi connectivity index (χ3v) is 10.6. The Morgan fingerprint density at radius 3 is 1.95 bits per heavy atom. The number of nitrogens with zero attached hydrogens (tertiary/aromatic N) is 3. The van der Waals surface area contributed by atoms with E-state index < -0.39 is 7.14 Å². The minimum absolute atomic E-state index is 0.445. The maximum atomic E-state index is 15.3.